The fourth-order valence-electron chi connectivity index (χ4n) is 6.69. The number of hydrogen-bond donors (Lipinski definition) is 0. The van der Waals surface area contributed by atoms with Gasteiger partial charge in [0.25, 0.3) is 0 Å². The molecule has 3 aliphatic rings. The predicted molar refractivity (Wildman–Crippen MR) is 170 cm³/mol. The van der Waals surface area contributed by atoms with Crippen LogP contribution in [0.4, 0.5) is 11.5 Å². The highest BCUT2D eigenvalue weighted by Gasteiger charge is 2.35. The maximum Gasteiger partial charge on any atom is 0.318 e. The normalized spacial score (nSPS) is 20.6. The van der Waals surface area contributed by atoms with Crippen molar-refractivity contribution in [2.45, 2.75) is 51.7 Å². The molecule has 1 amide bonds. The highest BCUT2D eigenvalue weighted by atomic mass is 16.5. The lowest BCUT2D eigenvalue weighted by atomic mass is 10.0. The van der Waals surface area contributed by atoms with Gasteiger partial charge in [0, 0.05) is 54.9 Å². The van der Waals surface area contributed by atoms with Gasteiger partial charge in [0.1, 0.15) is 18.5 Å². The van der Waals surface area contributed by atoms with E-state index in [9.17, 15) is 4.79 Å². The third-order valence-electron chi connectivity index (χ3n) is 8.99. The number of anilines is 2. The average Bonchev–Trinajstić information content (AvgIpc) is 3.43. The van der Waals surface area contributed by atoms with E-state index in [1.165, 1.54) is 22.9 Å². The Hall–Kier alpha value is -4.16. The lowest BCUT2D eigenvalue weighted by Crippen LogP contribution is -2.56. The predicted octanol–water partition coefficient (Wildman–Crippen LogP) is 4.57. The summed E-state index contributed by atoms with van der Waals surface area (Å²) in [6.07, 6.45) is 4.78. The van der Waals surface area contributed by atoms with Crippen molar-refractivity contribution in [3.05, 3.63) is 76.8 Å². The molecule has 3 aromatic rings. The number of piperazine rings is 1. The Kier molecular flexibility index (Phi) is 8.48. The standard InChI is InChI=1S/C34H41N7O2/c1-24(2)19-32(42)41-18-17-40(21-27(41)20-35-3)33-29-14-16-39(31-13-7-10-25-9-5-6-12-28(25)31)22-30(29)36-34(37-33)43-23-26-11-8-15-38(26)4/h5-7,9-10,12-13,19,26-27H,8,11,14-18,20-23H2,1-2,4H3/t26-,27?/m0/s1. The smallest absolute Gasteiger partial charge is 0.318 e. The molecular weight excluding hydrogens is 538 g/mol. The summed E-state index contributed by atoms with van der Waals surface area (Å²) in [5.41, 5.74) is 4.31. The van der Waals surface area contributed by atoms with Crippen LogP contribution in [-0.4, -0.2) is 90.7 Å². The molecule has 6 rings (SSSR count). The summed E-state index contributed by atoms with van der Waals surface area (Å²) >= 11 is 0. The first-order valence-electron chi connectivity index (χ1n) is 15.4. The maximum atomic E-state index is 13.0. The van der Waals surface area contributed by atoms with Crippen molar-refractivity contribution < 1.29 is 9.53 Å². The fraction of sp³-hybridized carbons (Fsp3) is 0.471. The van der Waals surface area contributed by atoms with Crippen LogP contribution >= 0.6 is 0 Å². The van der Waals surface area contributed by atoms with Gasteiger partial charge in [0.2, 0.25) is 12.5 Å². The molecule has 9 nitrogen and oxygen atoms in total. The maximum absolute atomic E-state index is 13.0. The van der Waals surface area contributed by atoms with E-state index < -0.39 is 0 Å². The Morgan fingerprint density at radius 1 is 1.05 bits per heavy atom. The Balaban J connectivity index is 1.32. The second-order valence-corrected chi connectivity index (χ2v) is 12.2. The second kappa shape index (κ2) is 12.6. The van der Waals surface area contributed by atoms with Crippen LogP contribution in [0.3, 0.4) is 0 Å². The average molecular weight is 580 g/mol. The molecular formula is C34H41N7O2. The first-order valence-corrected chi connectivity index (χ1v) is 15.4. The number of allylic oxidation sites excluding steroid dienone is 1. The van der Waals surface area contributed by atoms with Gasteiger partial charge in [-0.15, -0.1) is 0 Å². The van der Waals surface area contributed by atoms with Crippen molar-refractivity contribution in [1.82, 2.24) is 19.8 Å². The van der Waals surface area contributed by atoms with Crippen LogP contribution in [0, 0.1) is 6.57 Å². The molecule has 9 heteroatoms. The highest BCUT2D eigenvalue weighted by Crippen LogP contribution is 2.35. The molecule has 224 valence electrons. The van der Waals surface area contributed by atoms with E-state index in [-0.39, 0.29) is 18.5 Å². The van der Waals surface area contributed by atoms with Crippen LogP contribution in [0.5, 0.6) is 6.01 Å². The largest absolute Gasteiger partial charge is 0.462 e. The number of nitrogens with zero attached hydrogens (tertiary/aromatic N) is 7. The van der Waals surface area contributed by atoms with E-state index in [1.807, 2.05) is 18.7 Å². The van der Waals surface area contributed by atoms with Gasteiger partial charge >= 0.3 is 6.01 Å². The molecule has 2 fully saturated rings. The molecule has 0 saturated carbocycles. The summed E-state index contributed by atoms with van der Waals surface area (Å²) in [6.45, 7) is 16.6. The van der Waals surface area contributed by atoms with Crippen LogP contribution in [0.25, 0.3) is 15.6 Å². The molecule has 0 radical (unpaired) electrons. The number of rotatable bonds is 7. The number of hydrogen-bond acceptors (Lipinski definition) is 7. The first kappa shape index (κ1) is 28.9. The number of benzene rings is 2. The third-order valence-corrected chi connectivity index (χ3v) is 8.99. The van der Waals surface area contributed by atoms with Gasteiger partial charge in [-0.25, -0.2) is 6.57 Å². The summed E-state index contributed by atoms with van der Waals surface area (Å²) in [6, 6.07) is 15.6. The summed E-state index contributed by atoms with van der Waals surface area (Å²) in [5, 5.41) is 2.47. The van der Waals surface area contributed by atoms with Gasteiger partial charge in [0.15, 0.2) is 0 Å². The lowest BCUT2D eigenvalue weighted by Gasteiger charge is -2.41. The molecule has 0 aliphatic carbocycles. The van der Waals surface area contributed by atoms with Crippen molar-refractivity contribution in [3.8, 4) is 6.01 Å². The number of likely N-dealkylation sites (tertiary alicyclic amines) is 1. The van der Waals surface area contributed by atoms with Crippen LogP contribution in [0.2, 0.25) is 0 Å². The van der Waals surface area contributed by atoms with Crippen LogP contribution in [0.15, 0.2) is 54.1 Å². The van der Waals surface area contributed by atoms with Crippen LogP contribution < -0.4 is 14.5 Å². The number of carbonyl (C=O) groups excluding carboxylic acids is 1. The van der Waals surface area contributed by atoms with Gasteiger partial charge in [-0.1, -0.05) is 42.0 Å². The zero-order valence-corrected chi connectivity index (χ0v) is 25.5. The fourth-order valence-corrected chi connectivity index (χ4v) is 6.69. The van der Waals surface area contributed by atoms with Crippen molar-refractivity contribution >= 4 is 28.2 Å². The third kappa shape index (κ3) is 6.16. The van der Waals surface area contributed by atoms with E-state index in [1.54, 1.807) is 6.08 Å². The molecule has 4 heterocycles. The molecule has 0 spiro atoms. The zero-order valence-electron chi connectivity index (χ0n) is 25.5. The minimum absolute atomic E-state index is 0.0200. The minimum atomic E-state index is -0.202. The highest BCUT2D eigenvalue weighted by molar-refractivity contribution is 5.94. The molecule has 1 unspecified atom stereocenters. The summed E-state index contributed by atoms with van der Waals surface area (Å²) in [5.74, 6) is 0.870. The Labute approximate surface area is 254 Å². The molecule has 2 aromatic carbocycles. The van der Waals surface area contributed by atoms with Gasteiger partial charge in [-0.2, -0.15) is 9.97 Å². The number of ether oxygens (including phenoxy) is 1. The lowest BCUT2D eigenvalue weighted by molar-refractivity contribution is -0.128. The van der Waals surface area contributed by atoms with Crippen LogP contribution in [-0.2, 0) is 17.8 Å². The number of fused-ring (bicyclic) bond motifs is 2. The molecule has 0 N–H and O–H groups in total. The molecule has 0 bridgehead atoms. The Morgan fingerprint density at radius 2 is 1.88 bits per heavy atom. The zero-order chi connectivity index (χ0) is 29.9. The van der Waals surface area contributed by atoms with E-state index in [2.05, 4.69) is 69.1 Å². The Bertz CT molecular complexity index is 1550. The molecule has 2 saturated heterocycles. The second-order valence-electron chi connectivity index (χ2n) is 12.2. The number of aromatic nitrogens is 2. The monoisotopic (exact) mass is 579 g/mol. The molecule has 3 aliphatic heterocycles. The van der Waals surface area contributed by atoms with E-state index >= 15 is 0 Å². The minimum Gasteiger partial charge on any atom is -0.462 e. The molecule has 2 atom stereocenters. The van der Waals surface area contributed by atoms with E-state index in [4.69, 9.17) is 21.3 Å². The van der Waals surface area contributed by atoms with Gasteiger partial charge < -0.3 is 29.2 Å². The summed E-state index contributed by atoms with van der Waals surface area (Å²) < 4.78 is 6.32. The first-order chi connectivity index (χ1) is 20.9. The van der Waals surface area contributed by atoms with Gasteiger partial charge in [-0.3, -0.25) is 4.79 Å². The van der Waals surface area contributed by atoms with Crippen LogP contribution in [0.1, 0.15) is 37.9 Å². The number of carbonyl (C=O) groups is 1. The molecule has 43 heavy (non-hydrogen) atoms. The number of likely N-dealkylation sites (N-methyl/N-ethyl adjacent to an activating group) is 1. The SMILES string of the molecule is [C-]#[N+]CC1CN(c2nc(OC[C@@H]3CCCN3C)nc3c2CCN(c2cccc4ccccc24)C3)CCN1C(=O)C=C(C)C. The molecule has 1 aromatic heterocycles. The summed E-state index contributed by atoms with van der Waals surface area (Å²) in [4.78, 5) is 35.6. The van der Waals surface area contributed by atoms with Crippen molar-refractivity contribution in [2.75, 3.05) is 62.7 Å². The Morgan fingerprint density at radius 3 is 2.67 bits per heavy atom. The number of amides is 1. The van der Waals surface area contributed by atoms with Crippen molar-refractivity contribution in [1.29, 1.82) is 0 Å². The van der Waals surface area contributed by atoms with Crippen molar-refractivity contribution in [3.63, 3.8) is 0 Å². The van der Waals surface area contributed by atoms with Crippen molar-refractivity contribution in [2.24, 2.45) is 0 Å². The van der Waals surface area contributed by atoms with Gasteiger partial charge in [-0.05, 0) is 58.2 Å². The van der Waals surface area contributed by atoms with Gasteiger partial charge in [0.05, 0.1) is 12.2 Å². The quantitative estimate of drug-likeness (QED) is 0.300. The van der Waals surface area contributed by atoms with E-state index in [0.29, 0.717) is 44.8 Å². The topological polar surface area (TPSA) is 69.4 Å². The summed E-state index contributed by atoms with van der Waals surface area (Å²) in [7, 11) is 2.15. The van der Waals surface area contributed by atoms with E-state index in [0.717, 1.165) is 48.6 Å².